The van der Waals surface area contributed by atoms with E-state index in [1.165, 1.54) is 18.3 Å². The van der Waals surface area contributed by atoms with Crippen LogP contribution in [0.2, 0.25) is 5.02 Å². The van der Waals surface area contributed by atoms with Gasteiger partial charge in [0.25, 0.3) is 5.91 Å². The Labute approximate surface area is 151 Å². The highest BCUT2D eigenvalue weighted by Crippen LogP contribution is 2.17. The molecule has 6 nitrogen and oxygen atoms in total. The van der Waals surface area contributed by atoms with Gasteiger partial charge in [-0.2, -0.15) is 0 Å². The van der Waals surface area contributed by atoms with Crippen LogP contribution in [0.15, 0.2) is 35.4 Å². The van der Waals surface area contributed by atoms with Gasteiger partial charge in [0.15, 0.2) is 9.84 Å². The summed E-state index contributed by atoms with van der Waals surface area (Å²) in [6.07, 6.45) is 2.53. The summed E-state index contributed by atoms with van der Waals surface area (Å²) in [7, 11) is -3.39. The van der Waals surface area contributed by atoms with Gasteiger partial charge in [-0.25, -0.2) is 8.42 Å². The first-order chi connectivity index (χ1) is 10.7. The van der Waals surface area contributed by atoms with Gasteiger partial charge in [0.05, 0.1) is 15.5 Å². The number of aromatic amines is 1. The largest absolute Gasteiger partial charge is 0.348 e. The van der Waals surface area contributed by atoms with Crippen LogP contribution in [0.25, 0.3) is 0 Å². The average molecular weight is 390 g/mol. The lowest BCUT2D eigenvalue weighted by Gasteiger charge is -2.11. The minimum absolute atomic E-state index is 0. The normalized spacial score (nSPS) is 10.8. The molecule has 0 radical (unpaired) electrons. The Kier molecular flexibility index (Phi) is 6.59. The Morgan fingerprint density at radius 3 is 2.62 bits per heavy atom. The summed E-state index contributed by atoms with van der Waals surface area (Å²) in [4.78, 5) is 14.9. The van der Waals surface area contributed by atoms with E-state index in [9.17, 15) is 13.2 Å². The van der Waals surface area contributed by atoms with Gasteiger partial charge in [0.2, 0.25) is 0 Å². The van der Waals surface area contributed by atoms with E-state index in [0.29, 0.717) is 10.6 Å². The Hall–Kier alpha value is -1.83. The smallest absolute Gasteiger partial charge is 0.255 e. The van der Waals surface area contributed by atoms with Crippen LogP contribution in [-0.4, -0.2) is 25.6 Å². The molecule has 2 aromatic rings. The van der Waals surface area contributed by atoms with Crippen molar-refractivity contribution in [3.05, 3.63) is 57.7 Å². The molecule has 9 heteroatoms. The van der Waals surface area contributed by atoms with Crippen molar-refractivity contribution < 1.29 is 13.2 Å². The minimum Gasteiger partial charge on any atom is -0.348 e. The predicted molar refractivity (Wildman–Crippen MR) is 94.4 cm³/mol. The molecule has 0 atom stereocenters. The number of amides is 1. The number of aromatic nitrogens is 1. The number of nitrogens with one attached hydrogen (secondary N) is 3. The fraction of sp³-hybridized carbons (Fsp3) is 0.200. The maximum Gasteiger partial charge on any atom is 0.255 e. The monoisotopic (exact) mass is 389 g/mol. The number of H-pyrrole nitrogens is 1. The highest BCUT2D eigenvalue weighted by molar-refractivity contribution is 7.90. The minimum atomic E-state index is -3.39. The predicted octanol–water partition coefficient (Wildman–Crippen LogP) is 2.21. The maximum atomic E-state index is 12.2. The van der Waals surface area contributed by atoms with Crippen LogP contribution in [0.5, 0.6) is 0 Å². The fourth-order valence-corrected chi connectivity index (χ4v) is 3.21. The average Bonchev–Trinajstić information content (AvgIpc) is 2.46. The summed E-state index contributed by atoms with van der Waals surface area (Å²) in [5, 5.41) is 10.6. The molecule has 130 valence electrons. The molecule has 0 bridgehead atoms. The molecule has 1 aromatic heterocycles. The number of aryl methyl sites for hydroxylation is 1. The summed E-state index contributed by atoms with van der Waals surface area (Å²) in [5.74, 6) is -0.505. The molecule has 2 rings (SSSR count). The number of carbonyl (C=O) groups excluding carboxylic acids is 1. The molecule has 0 saturated carbocycles. The van der Waals surface area contributed by atoms with Gasteiger partial charge < -0.3 is 10.3 Å². The van der Waals surface area contributed by atoms with E-state index in [-0.39, 0.29) is 34.9 Å². The number of sulfone groups is 1. The van der Waals surface area contributed by atoms with E-state index in [1.807, 2.05) is 6.92 Å². The second kappa shape index (κ2) is 7.83. The van der Waals surface area contributed by atoms with Crippen molar-refractivity contribution in [2.24, 2.45) is 0 Å². The second-order valence-electron chi connectivity index (χ2n) is 5.17. The van der Waals surface area contributed by atoms with Gasteiger partial charge >= 0.3 is 0 Å². The highest BCUT2D eigenvalue weighted by Gasteiger charge is 2.15. The fourth-order valence-electron chi connectivity index (χ4n) is 2.13. The number of carbonyl (C=O) groups is 1. The van der Waals surface area contributed by atoms with Gasteiger partial charge in [-0.15, -0.1) is 12.4 Å². The summed E-state index contributed by atoms with van der Waals surface area (Å²) < 4.78 is 23.6. The summed E-state index contributed by atoms with van der Waals surface area (Å²) in [5.41, 5.74) is 1.41. The van der Waals surface area contributed by atoms with Crippen molar-refractivity contribution in [3.8, 4) is 0 Å². The molecule has 1 aromatic carbocycles. The van der Waals surface area contributed by atoms with Crippen LogP contribution in [0, 0.1) is 12.3 Å². The molecule has 0 aliphatic rings. The molecule has 1 amide bonds. The number of hydrogen-bond donors (Lipinski definition) is 3. The molecule has 0 spiro atoms. The van der Waals surface area contributed by atoms with E-state index >= 15 is 0 Å². The van der Waals surface area contributed by atoms with Crippen LogP contribution in [0.3, 0.4) is 0 Å². The van der Waals surface area contributed by atoms with Crippen molar-refractivity contribution in [1.82, 2.24) is 10.3 Å². The highest BCUT2D eigenvalue weighted by atomic mass is 35.5. The maximum absolute atomic E-state index is 12.2. The van der Waals surface area contributed by atoms with Gasteiger partial charge in [0.1, 0.15) is 5.49 Å². The number of rotatable bonds is 4. The third kappa shape index (κ3) is 4.83. The van der Waals surface area contributed by atoms with Gasteiger partial charge in [-0.3, -0.25) is 10.2 Å². The van der Waals surface area contributed by atoms with Gasteiger partial charge in [-0.05, 0) is 24.6 Å². The quantitative estimate of drug-likeness (QED) is 0.746. The molecular formula is C15H17Cl2N3O3S. The zero-order valence-corrected chi connectivity index (χ0v) is 15.4. The third-order valence-electron chi connectivity index (χ3n) is 3.21. The van der Waals surface area contributed by atoms with Crippen molar-refractivity contribution in [3.63, 3.8) is 0 Å². The second-order valence-corrected chi connectivity index (χ2v) is 7.59. The summed E-state index contributed by atoms with van der Waals surface area (Å²) in [6.45, 7) is 1.88. The number of benzene rings is 1. The molecule has 0 unspecified atom stereocenters. The summed E-state index contributed by atoms with van der Waals surface area (Å²) in [6, 6.07) is 6.32. The first kappa shape index (κ1) is 20.2. The van der Waals surface area contributed by atoms with E-state index in [4.69, 9.17) is 17.0 Å². The van der Waals surface area contributed by atoms with Crippen molar-refractivity contribution in [2.45, 2.75) is 18.4 Å². The topological polar surface area (TPSA) is 103 Å². The number of pyridine rings is 1. The first-order valence-corrected chi connectivity index (χ1v) is 8.96. The van der Waals surface area contributed by atoms with Crippen molar-refractivity contribution >= 4 is 39.8 Å². The Morgan fingerprint density at radius 1 is 1.33 bits per heavy atom. The third-order valence-corrected chi connectivity index (χ3v) is 4.62. The standard InChI is InChI=1S/C15H16ClN3O3S.ClH/c1-9-3-4-13(23(2,21)22)10(5-9)7-19-15(20)12-6-11(16)8-18-14(12)17;/h3-6,8H,7H2,1-2H3,(H2,17,18)(H,19,20);1H. The van der Waals surface area contributed by atoms with Crippen LogP contribution < -0.4 is 10.8 Å². The van der Waals surface area contributed by atoms with Gasteiger partial charge in [-0.1, -0.05) is 29.3 Å². The molecule has 1 heterocycles. The molecular weight excluding hydrogens is 373 g/mol. The first-order valence-electron chi connectivity index (χ1n) is 6.69. The lowest BCUT2D eigenvalue weighted by molar-refractivity contribution is 0.0948. The van der Waals surface area contributed by atoms with Crippen LogP contribution >= 0.6 is 24.0 Å². The van der Waals surface area contributed by atoms with E-state index in [1.54, 1.807) is 12.1 Å². The van der Waals surface area contributed by atoms with E-state index in [2.05, 4.69) is 10.3 Å². The zero-order valence-electron chi connectivity index (χ0n) is 13.0. The van der Waals surface area contributed by atoms with E-state index < -0.39 is 15.7 Å². The molecule has 0 aliphatic carbocycles. The van der Waals surface area contributed by atoms with Crippen molar-refractivity contribution in [1.29, 1.82) is 5.41 Å². The molecule has 0 aliphatic heterocycles. The number of halogens is 2. The van der Waals surface area contributed by atoms with Crippen LogP contribution in [0.4, 0.5) is 0 Å². The van der Waals surface area contributed by atoms with Crippen LogP contribution in [0.1, 0.15) is 21.5 Å². The lowest BCUT2D eigenvalue weighted by Crippen LogP contribution is -2.29. The number of hydrogen-bond acceptors (Lipinski definition) is 4. The summed E-state index contributed by atoms with van der Waals surface area (Å²) >= 11 is 5.81. The van der Waals surface area contributed by atoms with Crippen LogP contribution in [-0.2, 0) is 16.4 Å². The van der Waals surface area contributed by atoms with Gasteiger partial charge in [0, 0.05) is 19.0 Å². The molecule has 24 heavy (non-hydrogen) atoms. The van der Waals surface area contributed by atoms with Crippen molar-refractivity contribution in [2.75, 3.05) is 6.26 Å². The Bertz CT molecular complexity index is 924. The Balaban J connectivity index is 0.00000288. The zero-order chi connectivity index (χ0) is 17.2. The van der Waals surface area contributed by atoms with E-state index in [0.717, 1.165) is 11.8 Å². The SMILES string of the molecule is Cc1ccc(S(C)(=O)=O)c(CNC(=O)c2cc(Cl)c[nH]c2=N)c1.Cl. The molecule has 0 saturated heterocycles. The lowest BCUT2D eigenvalue weighted by atomic mass is 10.1. The molecule has 3 N–H and O–H groups in total. The Morgan fingerprint density at radius 2 is 2.00 bits per heavy atom. The molecule has 0 fully saturated rings.